The van der Waals surface area contributed by atoms with Gasteiger partial charge >= 0.3 is 0 Å². The van der Waals surface area contributed by atoms with Gasteiger partial charge in [0, 0.05) is 24.3 Å². The number of hydrogen-bond acceptors (Lipinski definition) is 5. The molecular formula is C18H27ClN4O. The molecule has 0 bridgehead atoms. The van der Waals surface area contributed by atoms with Crippen LogP contribution in [-0.2, 0) is 4.74 Å². The first-order valence-corrected chi connectivity index (χ1v) is 8.42. The molecule has 1 heterocycles. The van der Waals surface area contributed by atoms with Crippen LogP contribution in [0.3, 0.4) is 0 Å². The fraction of sp³-hybridized carbons (Fsp3) is 0.556. The molecule has 0 aromatic carbocycles. The van der Waals surface area contributed by atoms with E-state index in [1.807, 2.05) is 32.3 Å². The molecule has 0 saturated carbocycles. The Kier molecular flexibility index (Phi) is 5.14. The van der Waals surface area contributed by atoms with Gasteiger partial charge in [0.05, 0.1) is 17.7 Å². The summed E-state index contributed by atoms with van der Waals surface area (Å²) in [7, 11) is 3.67. The number of nitrogens with one attached hydrogen (secondary N) is 1. The summed E-state index contributed by atoms with van der Waals surface area (Å²) in [6.45, 7) is 10.4. The summed E-state index contributed by atoms with van der Waals surface area (Å²) >= 11 is 6.20. The SMILES string of the molecule is COC1=CC(C)(N(C)c2nc(NC(C)(C)C)ncc2C)CC=C1Cl. The van der Waals surface area contributed by atoms with Gasteiger partial charge in [-0.25, -0.2) is 4.98 Å². The van der Waals surface area contributed by atoms with Gasteiger partial charge in [0.15, 0.2) is 0 Å². The number of likely N-dealkylation sites (N-methyl/N-ethyl adjacent to an activating group) is 1. The predicted molar refractivity (Wildman–Crippen MR) is 101 cm³/mol. The Morgan fingerprint density at radius 2 is 2.04 bits per heavy atom. The molecule has 0 saturated heterocycles. The van der Waals surface area contributed by atoms with E-state index in [-0.39, 0.29) is 11.1 Å². The van der Waals surface area contributed by atoms with E-state index >= 15 is 0 Å². The molecule has 0 fully saturated rings. The van der Waals surface area contributed by atoms with Gasteiger partial charge in [-0.1, -0.05) is 17.7 Å². The van der Waals surface area contributed by atoms with Crippen molar-refractivity contribution >= 4 is 23.4 Å². The molecule has 0 spiro atoms. The van der Waals surface area contributed by atoms with Crippen molar-refractivity contribution in [2.24, 2.45) is 0 Å². The van der Waals surface area contributed by atoms with Gasteiger partial charge in [0.1, 0.15) is 11.6 Å². The van der Waals surface area contributed by atoms with E-state index in [0.29, 0.717) is 16.7 Å². The number of anilines is 2. The fourth-order valence-corrected chi connectivity index (χ4v) is 2.82. The Bertz CT molecular complexity index is 678. The largest absolute Gasteiger partial charge is 0.495 e. The molecule has 1 unspecified atom stereocenters. The molecule has 0 aliphatic heterocycles. The average molecular weight is 351 g/mol. The van der Waals surface area contributed by atoms with Gasteiger partial charge in [0.2, 0.25) is 5.95 Å². The number of nitrogens with zero attached hydrogens (tertiary/aromatic N) is 3. The van der Waals surface area contributed by atoms with E-state index in [4.69, 9.17) is 21.3 Å². The lowest BCUT2D eigenvalue weighted by Crippen LogP contribution is -2.44. The molecule has 1 aliphatic carbocycles. The van der Waals surface area contributed by atoms with Crippen LogP contribution in [0.25, 0.3) is 0 Å². The maximum Gasteiger partial charge on any atom is 0.225 e. The first kappa shape index (κ1) is 18.6. The van der Waals surface area contributed by atoms with Crippen LogP contribution >= 0.6 is 11.6 Å². The number of halogens is 1. The van der Waals surface area contributed by atoms with Crippen molar-refractivity contribution in [2.75, 3.05) is 24.4 Å². The topological polar surface area (TPSA) is 50.3 Å². The minimum absolute atomic E-state index is 0.0980. The number of aromatic nitrogens is 2. The Morgan fingerprint density at radius 1 is 1.38 bits per heavy atom. The van der Waals surface area contributed by atoms with Gasteiger partial charge in [-0.3, -0.25) is 0 Å². The number of methoxy groups -OCH3 is 1. The normalized spacial score (nSPS) is 21.0. The maximum atomic E-state index is 6.20. The van der Waals surface area contributed by atoms with E-state index in [2.05, 4.69) is 42.9 Å². The number of rotatable bonds is 4. The predicted octanol–water partition coefficient (Wildman–Crippen LogP) is 4.25. The van der Waals surface area contributed by atoms with Crippen molar-refractivity contribution in [3.05, 3.63) is 34.7 Å². The molecule has 1 aliphatic rings. The zero-order valence-corrected chi connectivity index (χ0v) is 16.3. The first-order valence-electron chi connectivity index (χ1n) is 8.04. The second kappa shape index (κ2) is 6.63. The number of aryl methyl sites for hydroxylation is 1. The Hall–Kier alpha value is -1.75. The summed E-state index contributed by atoms with van der Waals surface area (Å²) in [5.41, 5.74) is 0.646. The highest BCUT2D eigenvalue weighted by Crippen LogP contribution is 2.35. The Morgan fingerprint density at radius 3 is 2.62 bits per heavy atom. The third-order valence-corrected chi connectivity index (χ3v) is 4.45. The second-order valence-electron chi connectivity index (χ2n) is 7.46. The summed E-state index contributed by atoms with van der Waals surface area (Å²) in [5, 5.41) is 3.97. The van der Waals surface area contributed by atoms with E-state index in [0.717, 1.165) is 17.8 Å². The fourth-order valence-electron chi connectivity index (χ4n) is 2.61. The molecule has 1 atom stereocenters. The van der Waals surface area contributed by atoms with Gasteiger partial charge in [0.25, 0.3) is 0 Å². The standard InChI is InChI=1S/C18H27ClN4O/c1-12-11-20-16(22-17(2,3)4)21-15(12)23(6)18(5)9-8-13(19)14(10-18)24-7/h8,10-11H,9H2,1-7H3,(H,20,21,22). The highest BCUT2D eigenvalue weighted by molar-refractivity contribution is 6.31. The molecule has 132 valence electrons. The number of allylic oxidation sites excluding steroid dienone is 1. The van der Waals surface area contributed by atoms with Gasteiger partial charge in [-0.15, -0.1) is 0 Å². The summed E-state index contributed by atoms with van der Waals surface area (Å²) in [6, 6.07) is 0. The maximum absolute atomic E-state index is 6.20. The summed E-state index contributed by atoms with van der Waals surface area (Å²) in [4.78, 5) is 11.3. The highest BCUT2D eigenvalue weighted by atomic mass is 35.5. The zero-order chi connectivity index (χ0) is 18.1. The minimum atomic E-state index is -0.276. The monoisotopic (exact) mass is 350 g/mol. The van der Waals surface area contributed by atoms with Crippen molar-refractivity contribution in [1.29, 1.82) is 0 Å². The minimum Gasteiger partial charge on any atom is -0.495 e. The lowest BCUT2D eigenvalue weighted by molar-refractivity contribution is 0.294. The molecule has 0 radical (unpaired) electrons. The van der Waals surface area contributed by atoms with E-state index in [1.54, 1.807) is 7.11 Å². The number of hydrogen-bond donors (Lipinski definition) is 1. The molecule has 1 aromatic heterocycles. The Labute approximate surface area is 149 Å². The van der Waals surface area contributed by atoms with Crippen LogP contribution in [0.2, 0.25) is 0 Å². The van der Waals surface area contributed by atoms with Crippen molar-refractivity contribution < 1.29 is 4.74 Å². The van der Waals surface area contributed by atoms with Crippen LogP contribution in [0, 0.1) is 6.92 Å². The van der Waals surface area contributed by atoms with Crippen LogP contribution in [0.5, 0.6) is 0 Å². The number of ether oxygens (including phenoxy) is 1. The smallest absolute Gasteiger partial charge is 0.225 e. The lowest BCUT2D eigenvalue weighted by Gasteiger charge is -2.39. The molecule has 1 N–H and O–H groups in total. The zero-order valence-electron chi connectivity index (χ0n) is 15.6. The summed E-state index contributed by atoms with van der Waals surface area (Å²) in [6.07, 6.45) is 6.67. The van der Waals surface area contributed by atoms with Gasteiger partial charge < -0.3 is 15.0 Å². The quantitative estimate of drug-likeness (QED) is 0.879. The van der Waals surface area contributed by atoms with Crippen molar-refractivity contribution in [3.63, 3.8) is 0 Å². The molecule has 6 heteroatoms. The third-order valence-electron chi connectivity index (χ3n) is 4.11. The van der Waals surface area contributed by atoms with Crippen molar-refractivity contribution in [3.8, 4) is 0 Å². The van der Waals surface area contributed by atoms with E-state index < -0.39 is 0 Å². The van der Waals surface area contributed by atoms with Crippen LogP contribution in [0.15, 0.2) is 29.1 Å². The van der Waals surface area contributed by atoms with Crippen molar-refractivity contribution in [2.45, 2.75) is 52.1 Å². The van der Waals surface area contributed by atoms with Crippen LogP contribution in [0.1, 0.15) is 39.7 Å². The molecule has 1 aromatic rings. The molecule has 5 nitrogen and oxygen atoms in total. The summed E-state index contributed by atoms with van der Waals surface area (Å²) < 4.78 is 5.39. The molecule has 2 rings (SSSR count). The third kappa shape index (κ3) is 4.01. The van der Waals surface area contributed by atoms with Crippen LogP contribution in [0.4, 0.5) is 11.8 Å². The molecule has 24 heavy (non-hydrogen) atoms. The Balaban J connectivity index is 2.37. The summed E-state index contributed by atoms with van der Waals surface area (Å²) in [5.74, 6) is 2.20. The van der Waals surface area contributed by atoms with E-state index in [9.17, 15) is 0 Å². The van der Waals surface area contributed by atoms with Crippen LogP contribution in [-0.4, -0.2) is 35.2 Å². The van der Waals surface area contributed by atoms with Crippen LogP contribution < -0.4 is 10.2 Å². The first-order chi connectivity index (χ1) is 11.1. The lowest BCUT2D eigenvalue weighted by atomic mass is 9.90. The second-order valence-corrected chi connectivity index (χ2v) is 7.87. The molecular weight excluding hydrogens is 324 g/mol. The van der Waals surface area contributed by atoms with E-state index in [1.165, 1.54) is 0 Å². The van der Waals surface area contributed by atoms with Crippen molar-refractivity contribution in [1.82, 2.24) is 9.97 Å². The van der Waals surface area contributed by atoms with Gasteiger partial charge in [-0.2, -0.15) is 4.98 Å². The average Bonchev–Trinajstić information content (AvgIpc) is 2.49. The van der Waals surface area contributed by atoms with Gasteiger partial charge in [-0.05, 0) is 47.1 Å². The molecule has 0 amide bonds. The highest BCUT2D eigenvalue weighted by Gasteiger charge is 2.32.